The molecule has 2 rings (SSSR count). The molecule has 21 heavy (non-hydrogen) atoms. The Morgan fingerprint density at radius 3 is 2.95 bits per heavy atom. The van der Waals surface area contributed by atoms with Gasteiger partial charge in [0.15, 0.2) is 5.69 Å². The summed E-state index contributed by atoms with van der Waals surface area (Å²) in [6, 6.07) is -0.685. The average molecular weight is 294 g/mol. The van der Waals surface area contributed by atoms with Gasteiger partial charge >= 0.3 is 12.0 Å². The Morgan fingerprint density at radius 2 is 2.33 bits per heavy atom. The fourth-order valence-corrected chi connectivity index (χ4v) is 1.53. The van der Waals surface area contributed by atoms with Gasteiger partial charge in [0.1, 0.15) is 12.2 Å². The van der Waals surface area contributed by atoms with Gasteiger partial charge < -0.3 is 15.7 Å². The summed E-state index contributed by atoms with van der Waals surface area (Å²) in [6.45, 7) is 2.35. The summed E-state index contributed by atoms with van der Waals surface area (Å²) in [5.74, 6) is -0.597. The topological polar surface area (TPSA) is 151 Å². The van der Waals surface area contributed by atoms with Crippen molar-refractivity contribution in [1.29, 1.82) is 0 Å². The van der Waals surface area contributed by atoms with E-state index in [-0.39, 0.29) is 24.3 Å². The van der Waals surface area contributed by atoms with Crippen LogP contribution in [0.3, 0.4) is 0 Å². The number of aromatic nitrogens is 6. The molecule has 2 heterocycles. The molecule has 0 aliphatic carbocycles. The first-order chi connectivity index (χ1) is 10.1. The van der Waals surface area contributed by atoms with E-state index in [1.165, 1.54) is 17.2 Å². The highest BCUT2D eigenvalue weighted by Crippen LogP contribution is 2.02. The molecule has 112 valence electrons. The molecular weight excluding hydrogens is 280 g/mol. The van der Waals surface area contributed by atoms with Crippen molar-refractivity contribution >= 4 is 12.0 Å². The molecular formula is C10H14N8O3. The molecule has 2 aromatic heterocycles. The lowest BCUT2D eigenvalue weighted by molar-refractivity contribution is 0.0690. The zero-order valence-electron chi connectivity index (χ0n) is 11.1. The van der Waals surface area contributed by atoms with Crippen molar-refractivity contribution in [2.45, 2.75) is 19.5 Å². The Hall–Kier alpha value is -2.98. The predicted octanol–water partition coefficient (Wildman–Crippen LogP) is -0.845. The van der Waals surface area contributed by atoms with Gasteiger partial charge in [0.25, 0.3) is 0 Å². The summed E-state index contributed by atoms with van der Waals surface area (Å²) in [6.07, 6.45) is 2.65. The van der Waals surface area contributed by atoms with Gasteiger partial charge in [-0.2, -0.15) is 5.10 Å². The molecule has 2 amide bonds. The van der Waals surface area contributed by atoms with Crippen LogP contribution in [0.5, 0.6) is 0 Å². The standard InChI is InChI=1S/C10H14N8O3/c1-6(8-12-5-13-16-8)14-10(21)11-2-3-18-4-7(9(19)20)15-17-18/h4-6H,2-3H2,1H3,(H,19,20)(H2,11,14,21)(H,12,13,16). The molecule has 0 aliphatic rings. The highest BCUT2D eigenvalue weighted by atomic mass is 16.4. The first-order valence-corrected chi connectivity index (χ1v) is 6.09. The van der Waals surface area contributed by atoms with E-state index >= 15 is 0 Å². The van der Waals surface area contributed by atoms with Crippen LogP contribution >= 0.6 is 0 Å². The van der Waals surface area contributed by atoms with Gasteiger partial charge in [-0.15, -0.1) is 5.10 Å². The van der Waals surface area contributed by atoms with E-state index in [9.17, 15) is 9.59 Å². The number of amides is 2. The minimum Gasteiger partial charge on any atom is -0.476 e. The van der Waals surface area contributed by atoms with Crippen LogP contribution < -0.4 is 10.6 Å². The van der Waals surface area contributed by atoms with Crippen LogP contribution in [0.2, 0.25) is 0 Å². The maximum atomic E-state index is 11.6. The molecule has 0 saturated carbocycles. The van der Waals surface area contributed by atoms with Gasteiger partial charge in [0.2, 0.25) is 0 Å². The third kappa shape index (κ3) is 3.99. The smallest absolute Gasteiger partial charge is 0.358 e. The molecule has 11 heteroatoms. The SMILES string of the molecule is CC(NC(=O)NCCn1cc(C(=O)O)nn1)c1ncn[nH]1. The average Bonchev–Trinajstić information content (AvgIpc) is 3.10. The first kappa shape index (κ1) is 14.4. The van der Waals surface area contributed by atoms with Gasteiger partial charge in [0.05, 0.1) is 18.8 Å². The van der Waals surface area contributed by atoms with Crippen molar-refractivity contribution in [1.82, 2.24) is 40.8 Å². The van der Waals surface area contributed by atoms with E-state index in [1.807, 2.05) is 0 Å². The number of carbonyl (C=O) groups is 2. The number of hydrogen-bond acceptors (Lipinski definition) is 6. The van der Waals surface area contributed by atoms with E-state index in [2.05, 4.69) is 36.1 Å². The Kier molecular flexibility index (Phi) is 4.43. The molecule has 0 bridgehead atoms. The second kappa shape index (κ2) is 6.45. The van der Waals surface area contributed by atoms with E-state index in [0.29, 0.717) is 12.4 Å². The monoisotopic (exact) mass is 294 g/mol. The maximum Gasteiger partial charge on any atom is 0.358 e. The predicted molar refractivity (Wildman–Crippen MR) is 68.3 cm³/mol. The van der Waals surface area contributed by atoms with E-state index in [4.69, 9.17) is 5.11 Å². The molecule has 0 saturated heterocycles. The molecule has 0 aliphatic heterocycles. The molecule has 0 fully saturated rings. The van der Waals surface area contributed by atoms with Crippen LogP contribution in [0.15, 0.2) is 12.5 Å². The number of aromatic carboxylic acids is 1. The number of carboxylic acid groups (broad SMARTS) is 1. The minimum atomic E-state index is -1.15. The number of carboxylic acids is 1. The first-order valence-electron chi connectivity index (χ1n) is 6.09. The van der Waals surface area contributed by atoms with Crippen LogP contribution in [0.1, 0.15) is 29.3 Å². The fraction of sp³-hybridized carbons (Fsp3) is 0.400. The normalized spacial score (nSPS) is 11.9. The highest BCUT2D eigenvalue weighted by molar-refractivity contribution is 5.84. The fourth-order valence-electron chi connectivity index (χ4n) is 1.53. The van der Waals surface area contributed by atoms with Gasteiger partial charge in [-0.05, 0) is 6.92 Å². The molecule has 0 aromatic carbocycles. The van der Waals surface area contributed by atoms with Crippen molar-refractivity contribution in [2.24, 2.45) is 0 Å². The molecule has 1 unspecified atom stereocenters. The van der Waals surface area contributed by atoms with Crippen molar-refractivity contribution < 1.29 is 14.7 Å². The zero-order valence-corrected chi connectivity index (χ0v) is 11.1. The molecule has 11 nitrogen and oxygen atoms in total. The minimum absolute atomic E-state index is 0.140. The number of aromatic amines is 1. The summed E-state index contributed by atoms with van der Waals surface area (Å²) in [5, 5.41) is 27.4. The summed E-state index contributed by atoms with van der Waals surface area (Å²) < 4.78 is 1.34. The maximum absolute atomic E-state index is 11.6. The lowest BCUT2D eigenvalue weighted by Crippen LogP contribution is -2.38. The molecule has 4 N–H and O–H groups in total. The van der Waals surface area contributed by atoms with Crippen molar-refractivity contribution in [3.8, 4) is 0 Å². The van der Waals surface area contributed by atoms with Crippen LogP contribution in [0.25, 0.3) is 0 Å². The number of nitrogens with one attached hydrogen (secondary N) is 3. The third-order valence-corrected chi connectivity index (χ3v) is 2.58. The largest absolute Gasteiger partial charge is 0.476 e. The van der Waals surface area contributed by atoms with E-state index < -0.39 is 5.97 Å². The second-order valence-corrected chi connectivity index (χ2v) is 4.16. The Labute approximate surface area is 118 Å². The number of urea groups is 1. The Bertz CT molecular complexity index is 608. The van der Waals surface area contributed by atoms with Gasteiger partial charge in [0, 0.05) is 6.54 Å². The second-order valence-electron chi connectivity index (χ2n) is 4.16. The van der Waals surface area contributed by atoms with Crippen LogP contribution in [-0.2, 0) is 6.54 Å². The summed E-state index contributed by atoms with van der Waals surface area (Å²) in [4.78, 5) is 26.2. The molecule has 2 aromatic rings. The number of H-pyrrole nitrogens is 1. The third-order valence-electron chi connectivity index (χ3n) is 2.58. The van der Waals surface area contributed by atoms with E-state index in [1.54, 1.807) is 6.92 Å². The number of hydrogen-bond donors (Lipinski definition) is 4. The summed E-state index contributed by atoms with van der Waals surface area (Å²) >= 11 is 0. The van der Waals surface area contributed by atoms with Gasteiger partial charge in [-0.3, -0.25) is 5.10 Å². The molecule has 0 radical (unpaired) electrons. The lowest BCUT2D eigenvalue weighted by atomic mass is 10.3. The van der Waals surface area contributed by atoms with Crippen LogP contribution in [0, 0.1) is 0 Å². The van der Waals surface area contributed by atoms with Crippen molar-refractivity contribution in [3.05, 3.63) is 24.0 Å². The zero-order chi connectivity index (χ0) is 15.2. The number of rotatable bonds is 6. The highest BCUT2D eigenvalue weighted by Gasteiger charge is 2.11. The van der Waals surface area contributed by atoms with Crippen LogP contribution in [0.4, 0.5) is 4.79 Å². The van der Waals surface area contributed by atoms with E-state index in [0.717, 1.165) is 0 Å². The number of carbonyl (C=O) groups excluding carboxylic acids is 1. The molecule has 0 spiro atoms. The summed E-state index contributed by atoms with van der Waals surface area (Å²) in [7, 11) is 0. The quantitative estimate of drug-likeness (QED) is 0.542. The van der Waals surface area contributed by atoms with Crippen molar-refractivity contribution in [3.63, 3.8) is 0 Å². The van der Waals surface area contributed by atoms with Crippen molar-refractivity contribution in [2.75, 3.05) is 6.54 Å². The summed E-state index contributed by atoms with van der Waals surface area (Å²) in [5.41, 5.74) is -0.140. The van der Waals surface area contributed by atoms with Gasteiger partial charge in [-0.1, -0.05) is 5.21 Å². The molecule has 1 atom stereocenters. The van der Waals surface area contributed by atoms with Crippen LogP contribution in [-0.4, -0.2) is 53.8 Å². The van der Waals surface area contributed by atoms with Gasteiger partial charge in [-0.25, -0.2) is 19.3 Å². The number of nitrogens with zero attached hydrogens (tertiary/aromatic N) is 5. The lowest BCUT2D eigenvalue weighted by Gasteiger charge is -2.11. The Morgan fingerprint density at radius 1 is 1.52 bits per heavy atom. The Balaban J connectivity index is 1.72.